The van der Waals surface area contributed by atoms with E-state index in [1.165, 1.54) is 12.3 Å². The Hall–Kier alpha value is -3.22. The van der Waals surface area contributed by atoms with E-state index in [-0.39, 0.29) is 41.7 Å². The number of oxazole rings is 1. The van der Waals surface area contributed by atoms with Crippen LogP contribution in [0.3, 0.4) is 0 Å². The van der Waals surface area contributed by atoms with Crippen LogP contribution in [0, 0.1) is 18.6 Å². The first kappa shape index (κ1) is 17.6. The summed E-state index contributed by atoms with van der Waals surface area (Å²) >= 11 is 0. The predicted octanol–water partition coefficient (Wildman–Crippen LogP) is 4.21. The van der Waals surface area contributed by atoms with Crippen molar-refractivity contribution < 1.29 is 23.1 Å². The van der Waals surface area contributed by atoms with E-state index in [2.05, 4.69) is 10.3 Å². The number of carbonyl (C=O) groups is 1. The number of benzene rings is 2. The minimum absolute atomic E-state index is 0.0215. The highest BCUT2D eigenvalue weighted by Gasteiger charge is 2.16. The van der Waals surface area contributed by atoms with E-state index in [9.17, 15) is 18.7 Å². The first-order valence-electron chi connectivity index (χ1n) is 7.92. The molecular formula is C19H16F2N2O3. The highest BCUT2D eigenvalue weighted by atomic mass is 19.1. The molecule has 0 bridgehead atoms. The molecule has 5 nitrogen and oxygen atoms in total. The molecule has 0 aliphatic carbocycles. The van der Waals surface area contributed by atoms with Gasteiger partial charge in [0.05, 0.1) is 17.4 Å². The van der Waals surface area contributed by atoms with Crippen molar-refractivity contribution in [2.75, 3.05) is 5.32 Å². The SMILES string of the molecule is Cc1ccc(NC(=O)CCc2ncc(-c3c(F)cccc3F)o2)c(O)c1. The summed E-state index contributed by atoms with van der Waals surface area (Å²) in [6, 6.07) is 8.42. The molecule has 1 heterocycles. The molecule has 0 aliphatic heterocycles. The zero-order valence-electron chi connectivity index (χ0n) is 13.9. The van der Waals surface area contributed by atoms with Crippen molar-refractivity contribution in [3.63, 3.8) is 0 Å². The fraction of sp³-hybridized carbons (Fsp3) is 0.158. The molecule has 0 atom stereocenters. The summed E-state index contributed by atoms with van der Waals surface area (Å²) < 4.78 is 32.9. The van der Waals surface area contributed by atoms with Crippen LogP contribution in [0.2, 0.25) is 0 Å². The number of aromatic hydroxyl groups is 1. The van der Waals surface area contributed by atoms with Gasteiger partial charge >= 0.3 is 0 Å². The van der Waals surface area contributed by atoms with Crippen molar-refractivity contribution in [1.29, 1.82) is 0 Å². The lowest BCUT2D eigenvalue weighted by atomic mass is 10.1. The van der Waals surface area contributed by atoms with Gasteiger partial charge in [-0.15, -0.1) is 0 Å². The molecule has 2 N–H and O–H groups in total. The number of hydrogen-bond acceptors (Lipinski definition) is 4. The molecule has 0 spiro atoms. The molecule has 1 aromatic heterocycles. The van der Waals surface area contributed by atoms with Gasteiger partial charge in [0.25, 0.3) is 0 Å². The van der Waals surface area contributed by atoms with Gasteiger partial charge in [-0.3, -0.25) is 4.79 Å². The van der Waals surface area contributed by atoms with Gasteiger partial charge < -0.3 is 14.8 Å². The molecule has 0 fully saturated rings. The smallest absolute Gasteiger partial charge is 0.224 e. The van der Waals surface area contributed by atoms with E-state index in [4.69, 9.17) is 4.42 Å². The Morgan fingerprint density at radius 3 is 2.65 bits per heavy atom. The lowest BCUT2D eigenvalue weighted by Crippen LogP contribution is -2.12. The predicted molar refractivity (Wildman–Crippen MR) is 91.6 cm³/mol. The third-order valence-electron chi connectivity index (χ3n) is 3.76. The van der Waals surface area contributed by atoms with Crippen molar-refractivity contribution in [2.24, 2.45) is 0 Å². The number of aromatic nitrogens is 1. The summed E-state index contributed by atoms with van der Waals surface area (Å²) in [5, 5.41) is 12.4. The van der Waals surface area contributed by atoms with Crippen LogP contribution in [-0.2, 0) is 11.2 Å². The van der Waals surface area contributed by atoms with Crippen LogP contribution >= 0.6 is 0 Å². The van der Waals surface area contributed by atoms with Crippen molar-refractivity contribution in [3.05, 3.63) is 65.7 Å². The number of amides is 1. The Labute approximate surface area is 148 Å². The normalized spacial score (nSPS) is 10.7. The summed E-state index contributed by atoms with van der Waals surface area (Å²) in [4.78, 5) is 15.9. The first-order valence-corrected chi connectivity index (χ1v) is 7.92. The summed E-state index contributed by atoms with van der Waals surface area (Å²) in [5.41, 5.74) is 0.885. The second kappa shape index (κ2) is 7.35. The van der Waals surface area contributed by atoms with Crippen molar-refractivity contribution in [3.8, 4) is 17.1 Å². The number of nitrogens with one attached hydrogen (secondary N) is 1. The number of rotatable bonds is 5. The van der Waals surface area contributed by atoms with Gasteiger partial charge in [-0.05, 0) is 36.8 Å². The molecule has 3 rings (SSSR count). The number of halogens is 2. The zero-order valence-corrected chi connectivity index (χ0v) is 13.9. The van der Waals surface area contributed by atoms with Crippen LogP contribution in [0.15, 0.2) is 47.0 Å². The van der Waals surface area contributed by atoms with E-state index in [0.717, 1.165) is 17.7 Å². The molecule has 3 aromatic rings. The van der Waals surface area contributed by atoms with Gasteiger partial charge in [0.15, 0.2) is 11.7 Å². The maximum absolute atomic E-state index is 13.8. The maximum Gasteiger partial charge on any atom is 0.224 e. The van der Waals surface area contributed by atoms with E-state index >= 15 is 0 Å². The Balaban J connectivity index is 1.64. The van der Waals surface area contributed by atoms with Gasteiger partial charge in [-0.1, -0.05) is 12.1 Å². The van der Waals surface area contributed by atoms with E-state index < -0.39 is 11.6 Å². The molecule has 0 radical (unpaired) electrons. The fourth-order valence-electron chi connectivity index (χ4n) is 2.46. The molecule has 1 amide bonds. The summed E-state index contributed by atoms with van der Waals surface area (Å²) in [6.07, 6.45) is 1.40. The quantitative estimate of drug-likeness (QED) is 0.670. The Morgan fingerprint density at radius 1 is 1.23 bits per heavy atom. The summed E-state index contributed by atoms with van der Waals surface area (Å²) in [7, 11) is 0. The summed E-state index contributed by atoms with van der Waals surface area (Å²) in [6.45, 7) is 1.82. The Morgan fingerprint density at radius 2 is 1.96 bits per heavy atom. The molecule has 0 saturated carbocycles. The number of anilines is 1. The molecule has 134 valence electrons. The lowest BCUT2D eigenvalue weighted by molar-refractivity contribution is -0.116. The topological polar surface area (TPSA) is 75.4 Å². The van der Waals surface area contributed by atoms with Gasteiger partial charge in [0.2, 0.25) is 5.91 Å². The van der Waals surface area contributed by atoms with Gasteiger partial charge in [-0.25, -0.2) is 13.8 Å². The van der Waals surface area contributed by atoms with Gasteiger partial charge in [0.1, 0.15) is 17.4 Å². The first-order chi connectivity index (χ1) is 12.4. The van der Waals surface area contributed by atoms with Crippen LogP contribution in [0.25, 0.3) is 11.3 Å². The minimum atomic E-state index is -0.750. The Kier molecular flexibility index (Phi) is 4.97. The van der Waals surface area contributed by atoms with E-state index in [1.54, 1.807) is 18.2 Å². The minimum Gasteiger partial charge on any atom is -0.506 e. The maximum atomic E-state index is 13.8. The van der Waals surface area contributed by atoms with E-state index in [0.29, 0.717) is 5.69 Å². The molecule has 2 aromatic carbocycles. The molecule has 0 unspecified atom stereocenters. The number of phenols is 1. The van der Waals surface area contributed by atoms with Crippen LogP contribution in [0.5, 0.6) is 5.75 Å². The average molecular weight is 358 g/mol. The number of phenolic OH excluding ortho intramolecular Hbond substituents is 1. The summed E-state index contributed by atoms with van der Waals surface area (Å²) in [5.74, 6) is -1.72. The van der Waals surface area contributed by atoms with Crippen molar-refractivity contribution in [2.45, 2.75) is 19.8 Å². The van der Waals surface area contributed by atoms with E-state index in [1.807, 2.05) is 6.92 Å². The van der Waals surface area contributed by atoms with Crippen LogP contribution < -0.4 is 5.32 Å². The monoisotopic (exact) mass is 358 g/mol. The lowest BCUT2D eigenvalue weighted by Gasteiger charge is -2.07. The third-order valence-corrected chi connectivity index (χ3v) is 3.76. The second-order valence-electron chi connectivity index (χ2n) is 5.78. The van der Waals surface area contributed by atoms with Crippen LogP contribution in [-0.4, -0.2) is 16.0 Å². The molecule has 0 aliphatic rings. The molecule has 0 saturated heterocycles. The standard InChI is InChI=1S/C19H16F2N2O3/c1-11-5-6-14(15(24)9-11)23-17(25)7-8-18-22-10-16(26-18)19-12(20)3-2-4-13(19)21/h2-6,9-10,24H,7-8H2,1H3,(H,23,25). The molecular weight excluding hydrogens is 342 g/mol. The van der Waals surface area contributed by atoms with Crippen LogP contribution in [0.1, 0.15) is 17.9 Å². The molecule has 7 heteroatoms. The third kappa shape index (κ3) is 3.88. The van der Waals surface area contributed by atoms with Gasteiger partial charge in [0, 0.05) is 12.8 Å². The fourth-order valence-corrected chi connectivity index (χ4v) is 2.46. The van der Waals surface area contributed by atoms with Gasteiger partial charge in [-0.2, -0.15) is 0 Å². The average Bonchev–Trinajstić information content (AvgIpc) is 3.04. The van der Waals surface area contributed by atoms with Crippen molar-refractivity contribution >= 4 is 11.6 Å². The molecule has 26 heavy (non-hydrogen) atoms. The highest BCUT2D eigenvalue weighted by Crippen LogP contribution is 2.27. The number of aryl methyl sites for hydroxylation is 2. The Bertz CT molecular complexity index is 933. The number of hydrogen-bond donors (Lipinski definition) is 2. The highest BCUT2D eigenvalue weighted by molar-refractivity contribution is 5.92. The van der Waals surface area contributed by atoms with Crippen LogP contribution in [0.4, 0.5) is 14.5 Å². The number of nitrogens with zero attached hydrogens (tertiary/aromatic N) is 1. The second-order valence-corrected chi connectivity index (χ2v) is 5.78. The van der Waals surface area contributed by atoms with Crippen molar-refractivity contribution in [1.82, 2.24) is 4.98 Å². The largest absolute Gasteiger partial charge is 0.506 e. The zero-order chi connectivity index (χ0) is 18.7. The number of carbonyl (C=O) groups excluding carboxylic acids is 1.